The van der Waals surface area contributed by atoms with Crippen LogP contribution in [0.1, 0.15) is 10.4 Å². The number of pyridine rings is 1. The number of rotatable bonds is 5. The van der Waals surface area contributed by atoms with Gasteiger partial charge in [-0.05, 0) is 24.3 Å². The Kier molecular flexibility index (Phi) is 4.97. The van der Waals surface area contributed by atoms with Gasteiger partial charge >= 0.3 is 12.1 Å². The van der Waals surface area contributed by atoms with Crippen LogP contribution < -0.4 is 0 Å². The Balaban J connectivity index is 1.68. The highest BCUT2D eigenvalue weighted by Crippen LogP contribution is 2.23. The molecule has 0 N–H and O–H groups in total. The summed E-state index contributed by atoms with van der Waals surface area (Å²) in [5.74, 6) is -2.74. The van der Waals surface area contributed by atoms with Gasteiger partial charge in [0.05, 0.1) is 5.56 Å². The number of esters is 1. The second-order valence-electron chi connectivity index (χ2n) is 5.23. The lowest BCUT2D eigenvalue weighted by molar-refractivity contribution is -0.198. The van der Waals surface area contributed by atoms with E-state index < -0.39 is 24.5 Å². The van der Waals surface area contributed by atoms with Crippen LogP contribution in [-0.2, 0) is 9.53 Å². The summed E-state index contributed by atoms with van der Waals surface area (Å²) in [6.45, 7) is -1.01. The Hall–Kier alpha value is -3.56. The van der Waals surface area contributed by atoms with E-state index in [0.717, 1.165) is 0 Å². The minimum Gasteiger partial charge on any atom is -0.451 e. The first kappa shape index (κ1) is 18.2. The molecule has 0 aliphatic heterocycles. The molecule has 138 valence electrons. The number of hydrogen-bond acceptors (Lipinski definition) is 7. The van der Waals surface area contributed by atoms with Gasteiger partial charge in [0, 0.05) is 23.5 Å². The minimum atomic E-state index is -5.14. The highest BCUT2D eigenvalue weighted by atomic mass is 19.4. The van der Waals surface area contributed by atoms with Crippen LogP contribution >= 0.6 is 0 Å². The average molecular weight is 377 g/mol. The topological polar surface area (TPSA) is 95.2 Å². The molecule has 0 aliphatic rings. The number of ketones is 1. The van der Waals surface area contributed by atoms with Gasteiger partial charge in [0.25, 0.3) is 0 Å². The Morgan fingerprint density at radius 3 is 2.26 bits per heavy atom. The molecule has 2 heterocycles. The molecule has 0 unspecified atom stereocenters. The lowest BCUT2D eigenvalue weighted by atomic mass is 10.1. The predicted octanol–water partition coefficient (Wildman–Crippen LogP) is 3.09. The molecule has 0 atom stereocenters. The summed E-state index contributed by atoms with van der Waals surface area (Å²) in [4.78, 5) is 26.4. The predicted molar refractivity (Wildman–Crippen MR) is 84.3 cm³/mol. The van der Waals surface area contributed by atoms with E-state index in [1.165, 1.54) is 24.3 Å². The number of alkyl halides is 3. The molecule has 0 aliphatic carbocycles. The number of carbonyl (C=O) groups excluding carboxylic acids is 2. The zero-order chi connectivity index (χ0) is 19.4. The largest absolute Gasteiger partial charge is 0.490 e. The Morgan fingerprint density at radius 2 is 1.67 bits per heavy atom. The van der Waals surface area contributed by atoms with E-state index in [0.29, 0.717) is 11.1 Å². The molecule has 1 aromatic carbocycles. The van der Waals surface area contributed by atoms with Crippen molar-refractivity contribution in [3.63, 3.8) is 0 Å². The molecular weight excluding hydrogens is 367 g/mol. The van der Waals surface area contributed by atoms with Crippen LogP contribution in [0.4, 0.5) is 13.2 Å². The van der Waals surface area contributed by atoms with Crippen LogP contribution in [0, 0.1) is 0 Å². The van der Waals surface area contributed by atoms with Crippen molar-refractivity contribution >= 4 is 11.8 Å². The molecule has 7 nitrogen and oxygen atoms in total. The highest BCUT2D eigenvalue weighted by molar-refractivity contribution is 5.98. The Bertz CT molecular complexity index is 954. The maximum Gasteiger partial charge on any atom is 0.490 e. The number of Topliss-reactive ketones (excluding diaryl/α,β-unsaturated/α-hetero) is 1. The number of carbonyl (C=O) groups is 2. The molecule has 0 saturated carbocycles. The Morgan fingerprint density at radius 1 is 1.00 bits per heavy atom. The summed E-state index contributed by atoms with van der Waals surface area (Å²) >= 11 is 0. The molecule has 0 saturated heterocycles. The SMILES string of the molecule is O=C(COC(=O)C(F)(F)F)c1ccc(-c2nnc(-c3cccnc3)o2)cc1. The van der Waals surface area contributed by atoms with Crippen molar-refractivity contribution < 1.29 is 31.9 Å². The fourth-order valence-corrected chi connectivity index (χ4v) is 2.04. The first-order valence-electron chi connectivity index (χ1n) is 7.46. The molecule has 3 rings (SSSR count). The molecule has 0 fully saturated rings. The molecule has 0 bridgehead atoms. The molecule has 10 heteroatoms. The van der Waals surface area contributed by atoms with Crippen LogP contribution in [0.3, 0.4) is 0 Å². The summed E-state index contributed by atoms with van der Waals surface area (Å²) in [5.41, 5.74) is 1.21. The number of nitrogens with zero attached hydrogens (tertiary/aromatic N) is 3. The van der Waals surface area contributed by atoms with Crippen molar-refractivity contribution in [1.82, 2.24) is 15.2 Å². The maximum absolute atomic E-state index is 12.1. The van der Waals surface area contributed by atoms with E-state index in [4.69, 9.17) is 4.42 Å². The number of benzene rings is 1. The average Bonchev–Trinajstić information content (AvgIpc) is 3.16. The van der Waals surface area contributed by atoms with Crippen molar-refractivity contribution in [3.05, 3.63) is 54.4 Å². The van der Waals surface area contributed by atoms with Gasteiger partial charge in [0.2, 0.25) is 11.8 Å². The fraction of sp³-hybridized carbons (Fsp3) is 0.118. The third kappa shape index (κ3) is 4.35. The summed E-state index contributed by atoms with van der Waals surface area (Å²) in [5, 5.41) is 7.80. The maximum atomic E-state index is 12.1. The third-order valence-corrected chi connectivity index (χ3v) is 3.35. The molecule has 0 amide bonds. The highest BCUT2D eigenvalue weighted by Gasteiger charge is 2.41. The molecule has 3 aromatic rings. The summed E-state index contributed by atoms with van der Waals surface area (Å²) in [6, 6.07) is 9.14. The second-order valence-corrected chi connectivity index (χ2v) is 5.23. The van der Waals surface area contributed by atoms with Crippen LogP contribution in [0.25, 0.3) is 22.9 Å². The molecule has 0 spiro atoms. The lowest BCUT2D eigenvalue weighted by Crippen LogP contribution is -2.27. The smallest absolute Gasteiger partial charge is 0.451 e. The van der Waals surface area contributed by atoms with Gasteiger partial charge in [-0.1, -0.05) is 12.1 Å². The van der Waals surface area contributed by atoms with Crippen molar-refractivity contribution in [2.45, 2.75) is 6.18 Å². The van der Waals surface area contributed by atoms with Crippen molar-refractivity contribution in [3.8, 4) is 22.9 Å². The van der Waals surface area contributed by atoms with Gasteiger partial charge in [-0.2, -0.15) is 13.2 Å². The number of hydrogen-bond donors (Lipinski definition) is 0. The third-order valence-electron chi connectivity index (χ3n) is 3.35. The van der Waals surface area contributed by atoms with E-state index in [-0.39, 0.29) is 17.3 Å². The lowest BCUT2D eigenvalue weighted by Gasteiger charge is -2.06. The monoisotopic (exact) mass is 377 g/mol. The van der Waals surface area contributed by atoms with Crippen molar-refractivity contribution in [2.24, 2.45) is 0 Å². The second kappa shape index (κ2) is 7.36. The standard InChI is InChI=1S/C17H10F3N3O4/c18-17(19,20)16(25)26-9-13(24)10-3-5-11(6-4-10)14-22-23-15(27-14)12-2-1-7-21-8-12/h1-8H,9H2. The number of aromatic nitrogens is 3. The molecule has 0 radical (unpaired) electrons. The van der Waals surface area contributed by atoms with E-state index >= 15 is 0 Å². The first-order chi connectivity index (χ1) is 12.8. The van der Waals surface area contributed by atoms with Gasteiger partial charge < -0.3 is 9.15 Å². The van der Waals surface area contributed by atoms with E-state index in [9.17, 15) is 22.8 Å². The normalized spacial score (nSPS) is 11.2. The van der Waals surface area contributed by atoms with Crippen LogP contribution in [0.5, 0.6) is 0 Å². The van der Waals surface area contributed by atoms with Crippen LogP contribution in [0.2, 0.25) is 0 Å². The zero-order valence-corrected chi connectivity index (χ0v) is 13.4. The minimum absolute atomic E-state index is 0.0701. The number of ether oxygens (including phenoxy) is 1. The van der Waals surface area contributed by atoms with Crippen molar-refractivity contribution in [2.75, 3.05) is 6.61 Å². The van der Waals surface area contributed by atoms with E-state index in [2.05, 4.69) is 19.9 Å². The zero-order valence-electron chi connectivity index (χ0n) is 13.4. The van der Waals surface area contributed by atoms with Gasteiger partial charge in [0.1, 0.15) is 0 Å². The van der Waals surface area contributed by atoms with Gasteiger partial charge in [-0.15, -0.1) is 10.2 Å². The molecule has 27 heavy (non-hydrogen) atoms. The fourth-order valence-electron chi connectivity index (χ4n) is 2.04. The van der Waals surface area contributed by atoms with Crippen LogP contribution in [0.15, 0.2) is 53.2 Å². The first-order valence-corrected chi connectivity index (χ1v) is 7.46. The summed E-state index contributed by atoms with van der Waals surface area (Å²) in [7, 11) is 0. The molecule has 2 aromatic heterocycles. The summed E-state index contributed by atoms with van der Waals surface area (Å²) < 4.78 is 45.6. The molecular formula is C17H10F3N3O4. The van der Waals surface area contributed by atoms with Crippen LogP contribution in [-0.4, -0.2) is 39.7 Å². The van der Waals surface area contributed by atoms with Gasteiger partial charge in [0.15, 0.2) is 12.4 Å². The van der Waals surface area contributed by atoms with Crippen molar-refractivity contribution in [1.29, 1.82) is 0 Å². The van der Waals surface area contributed by atoms with E-state index in [1.807, 2.05) is 0 Å². The van der Waals surface area contributed by atoms with Gasteiger partial charge in [-0.3, -0.25) is 9.78 Å². The quantitative estimate of drug-likeness (QED) is 0.498. The van der Waals surface area contributed by atoms with Gasteiger partial charge in [-0.25, -0.2) is 4.79 Å². The number of halogens is 3. The van der Waals surface area contributed by atoms with E-state index in [1.54, 1.807) is 24.5 Å². The summed E-state index contributed by atoms with van der Waals surface area (Å²) in [6.07, 6.45) is -1.99. The Labute approximate surface area is 149 Å².